The monoisotopic (exact) mass is 218 g/mol. The van der Waals surface area contributed by atoms with E-state index in [4.69, 9.17) is 10.0 Å². The van der Waals surface area contributed by atoms with E-state index in [0.29, 0.717) is 4.78 Å². The first-order valence-corrected chi connectivity index (χ1v) is 5.56. The first-order valence-electron chi connectivity index (χ1n) is 4.68. The van der Waals surface area contributed by atoms with Crippen molar-refractivity contribution in [3.63, 3.8) is 0 Å². The van der Waals surface area contributed by atoms with Gasteiger partial charge in [-0.3, -0.25) is 0 Å². The van der Waals surface area contributed by atoms with Crippen molar-refractivity contribution in [2.45, 2.75) is 6.92 Å². The van der Waals surface area contributed by atoms with Crippen LogP contribution in [0, 0.1) is 6.92 Å². The lowest BCUT2D eigenvalue weighted by molar-refractivity contribution is 0.427. The van der Waals surface area contributed by atoms with Gasteiger partial charge in [-0.25, -0.2) is 0 Å². The summed E-state index contributed by atoms with van der Waals surface area (Å²) in [5.74, 6) is 0. The van der Waals surface area contributed by atoms with Gasteiger partial charge in [-0.1, -0.05) is 29.8 Å². The summed E-state index contributed by atoms with van der Waals surface area (Å²) in [5.41, 5.74) is 3.34. The SMILES string of the molecule is Cc1cccc(-c2csc(B(O)O)c2)c1. The predicted molar refractivity (Wildman–Crippen MR) is 64.3 cm³/mol. The highest BCUT2D eigenvalue weighted by Crippen LogP contribution is 2.21. The molecule has 0 aliphatic heterocycles. The van der Waals surface area contributed by atoms with E-state index in [1.807, 2.05) is 36.6 Å². The molecule has 2 N–H and O–H groups in total. The molecule has 2 rings (SSSR count). The van der Waals surface area contributed by atoms with Crippen LogP contribution in [0.2, 0.25) is 0 Å². The van der Waals surface area contributed by atoms with Crippen LogP contribution in [0.15, 0.2) is 35.7 Å². The van der Waals surface area contributed by atoms with Crippen LogP contribution in [-0.4, -0.2) is 17.2 Å². The molecular weight excluding hydrogens is 207 g/mol. The summed E-state index contributed by atoms with van der Waals surface area (Å²) >= 11 is 1.36. The van der Waals surface area contributed by atoms with Gasteiger partial charge in [0, 0.05) is 4.78 Å². The molecule has 0 spiro atoms. The number of hydrogen-bond donors (Lipinski definition) is 2. The van der Waals surface area contributed by atoms with Gasteiger partial charge >= 0.3 is 7.12 Å². The zero-order valence-corrected chi connectivity index (χ0v) is 9.16. The van der Waals surface area contributed by atoms with Gasteiger partial charge in [-0.2, -0.15) is 11.3 Å². The smallest absolute Gasteiger partial charge is 0.423 e. The zero-order valence-electron chi connectivity index (χ0n) is 8.34. The molecule has 0 fully saturated rings. The summed E-state index contributed by atoms with van der Waals surface area (Å²) in [6.45, 7) is 2.04. The second kappa shape index (κ2) is 4.19. The molecule has 0 bridgehead atoms. The molecule has 0 saturated carbocycles. The third-order valence-corrected chi connectivity index (χ3v) is 3.20. The van der Waals surface area contributed by atoms with Crippen molar-refractivity contribution in [2.75, 3.05) is 0 Å². The molecule has 1 aromatic heterocycles. The highest BCUT2D eigenvalue weighted by atomic mass is 32.1. The van der Waals surface area contributed by atoms with E-state index >= 15 is 0 Å². The Morgan fingerprint density at radius 3 is 2.53 bits per heavy atom. The third kappa shape index (κ3) is 2.29. The Kier molecular flexibility index (Phi) is 2.91. The lowest BCUT2D eigenvalue weighted by atomic mass is 9.88. The van der Waals surface area contributed by atoms with Crippen LogP contribution in [0.4, 0.5) is 0 Å². The fourth-order valence-corrected chi connectivity index (χ4v) is 2.25. The van der Waals surface area contributed by atoms with Gasteiger partial charge < -0.3 is 10.0 Å². The summed E-state index contributed by atoms with van der Waals surface area (Å²) in [6, 6.07) is 9.94. The number of thiophene rings is 1. The van der Waals surface area contributed by atoms with E-state index in [2.05, 4.69) is 6.07 Å². The molecule has 4 heteroatoms. The molecule has 0 saturated heterocycles. The summed E-state index contributed by atoms with van der Waals surface area (Å²) in [4.78, 5) is 0. The van der Waals surface area contributed by atoms with Crippen molar-refractivity contribution in [3.05, 3.63) is 41.3 Å². The minimum Gasteiger partial charge on any atom is -0.423 e. The van der Waals surface area contributed by atoms with E-state index < -0.39 is 7.12 Å². The maximum atomic E-state index is 9.00. The topological polar surface area (TPSA) is 40.5 Å². The van der Waals surface area contributed by atoms with Crippen LogP contribution in [0.25, 0.3) is 11.1 Å². The van der Waals surface area contributed by atoms with Crippen molar-refractivity contribution < 1.29 is 10.0 Å². The largest absolute Gasteiger partial charge is 0.499 e. The molecule has 0 amide bonds. The highest BCUT2D eigenvalue weighted by molar-refractivity contribution is 7.20. The van der Waals surface area contributed by atoms with Crippen molar-refractivity contribution >= 4 is 23.2 Å². The normalized spacial score (nSPS) is 10.3. The molecule has 1 aromatic carbocycles. The van der Waals surface area contributed by atoms with Crippen molar-refractivity contribution in [2.24, 2.45) is 0 Å². The number of hydrogen-bond acceptors (Lipinski definition) is 3. The first kappa shape index (κ1) is 10.4. The van der Waals surface area contributed by atoms with Gasteiger partial charge in [0.2, 0.25) is 0 Å². The summed E-state index contributed by atoms with van der Waals surface area (Å²) in [5, 5.41) is 19.9. The Morgan fingerprint density at radius 1 is 1.13 bits per heavy atom. The first-order chi connectivity index (χ1) is 7.16. The van der Waals surface area contributed by atoms with Crippen molar-refractivity contribution in [1.29, 1.82) is 0 Å². The van der Waals surface area contributed by atoms with Crippen LogP contribution >= 0.6 is 11.3 Å². The molecule has 0 aliphatic carbocycles. The maximum absolute atomic E-state index is 9.00. The average molecular weight is 218 g/mol. The summed E-state index contributed by atoms with van der Waals surface area (Å²) < 4.78 is 0.575. The van der Waals surface area contributed by atoms with E-state index in [9.17, 15) is 0 Å². The highest BCUT2D eigenvalue weighted by Gasteiger charge is 2.13. The molecule has 0 radical (unpaired) electrons. The maximum Gasteiger partial charge on any atom is 0.499 e. The van der Waals surface area contributed by atoms with Crippen molar-refractivity contribution in [1.82, 2.24) is 0 Å². The zero-order chi connectivity index (χ0) is 10.8. The Labute approximate surface area is 93.0 Å². The standard InChI is InChI=1S/C11H11BO2S/c1-8-3-2-4-9(5-8)10-6-11(12(13)14)15-7-10/h2-7,13-14H,1H3. The number of rotatable bonds is 2. The third-order valence-electron chi connectivity index (χ3n) is 2.23. The predicted octanol–water partition coefficient (Wildman–Crippen LogP) is 1.40. The van der Waals surface area contributed by atoms with E-state index in [1.54, 1.807) is 0 Å². The minimum absolute atomic E-state index is 0.575. The fraction of sp³-hybridized carbons (Fsp3) is 0.0909. The molecule has 0 atom stereocenters. The Bertz CT molecular complexity index is 465. The van der Waals surface area contributed by atoms with Crippen LogP contribution in [0.5, 0.6) is 0 Å². The Balaban J connectivity index is 2.37. The van der Waals surface area contributed by atoms with E-state index in [0.717, 1.165) is 11.1 Å². The minimum atomic E-state index is -1.37. The van der Waals surface area contributed by atoms with Crippen LogP contribution in [0.3, 0.4) is 0 Å². The molecule has 2 nitrogen and oxygen atoms in total. The average Bonchev–Trinajstić information content (AvgIpc) is 2.66. The fourth-order valence-electron chi connectivity index (χ4n) is 1.46. The summed E-state index contributed by atoms with van der Waals surface area (Å²) in [7, 11) is -1.37. The van der Waals surface area contributed by atoms with Gasteiger partial charge in [-0.15, -0.1) is 0 Å². The second-order valence-corrected chi connectivity index (χ2v) is 4.42. The van der Waals surface area contributed by atoms with Crippen LogP contribution in [-0.2, 0) is 0 Å². The Morgan fingerprint density at radius 2 is 1.93 bits per heavy atom. The lowest BCUT2D eigenvalue weighted by Gasteiger charge is -1.98. The molecule has 1 heterocycles. The number of aryl methyl sites for hydroxylation is 1. The summed E-state index contributed by atoms with van der Waals surface area (Å²) in [6.07, 6.45) is 0. The van der Waals surface area contributed by atoms with E-state index in [1.165, 1.54) is 16.9 Å². The molecule has 15 heavy (non-hydrogen) atoms. The van der Waals surface area contributed by atoms with Crippen LogP contribution in [0.1, 0.15) is 5.56 Å². The number of benzene rings is 1. The molecular formula is C11H11BO2S. The van der Waals surface area contributed by atoms with Gasteiger partial charge in [0.05, 0.1) is 0 Å². The molecule has 76 valence electrons. The van der Waals surface area contributed by atoms with E-state index in [-0.39, 0.29) is 0 Å². The molecule has 0 aliphatic rings. The lowest BCUT2D eigenvalue weighted by Crippen LogP contribution is -2.26. The second-order valence-electron chi connectivity index (χ2n) is 3.48. The van der Waals surface area contributed by atoms with Gasteiger partial charge in [0.25, 0.3) is 0 Å². The van der Waals surface area contributed by atoms with Gasteiger partial charge in [0.1, 0.15) is 0 Å². The van der Waals surface area contributed by atoms with Gasteiger partial charge in [0.15, 0.2) is 0 Å². The quantitative estimate of drug-likeness (QED) is 0.748. The van der Waals surface area contributed by atoms with Crippen LogP contribution < -0.4 is 4.78 Å². The van der Waals surface area contributed by atoms with Gasteiger partial charge in [-0.05, 0) is 29.5 Å². The Hall–Kier alpha value is -1.10. The van der Waals surface area contributed by atoms with Crippen molar-refractivity contribution in [3.8, 4) is 11.1 Å². The molecule has 0 unspecified atom stereocenters. The molecule has 2 aromatic rings.